The molecule has 0 aromatic heterocycles. The summed E-state index contributed by atoms with van der Waals surface area (Å²) in [5, 5.41) is 20.1. The highest BCUT2D eigenvalue weighted by Crippen LogP contribution is 2.44. The van der Waals surface area contributed by atoms with E-state index < -0.39 is 17.4 Å². The highest BCUT2D eigenvalue weighted by Gasteiger charge is 2.43. The van der Waals surface area contributed by atoms with Crippen molar-refractivity contribution in [2.75, 3.05) is 13.7 Å². The topological polar surface area (TPSA) is 85.2 Å². The van der Waals surface area contributed by atoms with Crippen LogP contribution in [0.2, 0.25) is 0 Å². The van der Waals surface area contributed by atoms with Crippen molar-refractivity contribution in [3.8, 4) is 11.5 Å². The SMILES string of the molecule is COc1c(C)c(OC/C=C(\C)CCCC(C)(C)O)cc2c1C(=O)OC2(C)O. The van der Waals surface area contributed by atoms with Gasteiger partial charge < -0.3 is 24.4 Å². The van der Waals surface area contributed by atoms with Crippen LogP contribution in [0.1, 0.15) is 68.4 Å². The van der Waals surface area contributed by atoms with Gasteiger partial charge in [-0.25, -0.2) is 4.79 Å². The van der Waals surface area contributed by atoms with Crippen LogP contribution in [0.15, 0.2) is 17.7 Å². The number of ether oxygens (including phenoxy) is 3. The molecule has 0 spiro atoms. The quantitative estimate of drug-likeness (QED) is 0.531. The maximum atomic E-state index is 12.1. The summed E-state index contributed by atoms with van der Waals surface area (Å²) in [6.07, 6.45) is 4.52. The molecule has 1 unspecified atom stereocenters. The summed E-state index contributed by atoms with van der Waals surface area (Å²) in [7, 11) is 1.47. The number of carbonyl (C=O) groups is 1. The first-order valence-electron chi connectivity index (χ1n) is 9.15. The molecule has 2 rings (SSSR count). The van der Waals surface area contributed by atoms with Gasteiger partial charge in [0.1, 0.15) is 23.7 Å². The second kappa shape index (κ2) is 7.90. The molecule has 1 aliphatic heterocycles. The Morgan fingerprint density at radius 3 is 2.67 bits per heavy atom. The molecule has 1 aromatic carbocycles. The second-order valence-corrected chi connectivity index (χ2v) is 7.86. The normalized spacial score (nSPS) is 19.7. The molecule has 0 bridgehead atoms. The standard InChI is InChI=1S/C21H30O6/c1-13(8-7-10-20(3,4)23)9-11-26-16-12-15-17(18(25-6)14(16)2)19(22)27-21(15,5)24/h9,12,23-24H,7-8,10-11H2,1-6H3/b13-9+. The van der Waals surface area contributed by atoms with Gasteiger partial charge in [0.05, 0.1) is 12.7 Å². The Bertz CT molecular complexity index is 740. The average molecular weight is 378 g/mol. The van der Waals surface area contributed by atoms with Crippen LogP contribution in [-0.4, -0.2) is 35.5 Å². The lowest BCUT2D eigenvalue weighted by atomic mass is 9.98. The van der Waals surface area contributed by atoms with Gasteiger partial charge in [0.15, 0.2) is 0 Å². The third-order valence-electron chi connectivity index (χ3n) is 4.71. The molecule has 1 aliphatic rings. The highest BCUT2D eigenvalue weighted by molar-refractivity contribution is 5.98. The Morgan fingerprint density at radius 2 is 2.07 bits per heavy atom. The van der Waals surface area contributed by atoms with Gasteiger partial charge in [-0.3, -0.25) is 0 Å². The molecule has 0 saturated heterocycles. The number of aliphatic hydroxyl groups is 2. The van der Waals surface area contributed by atoms with Crippen molar-refractivity contribution in [2.45, 2.75) is 65.3 Å². The van der Waals surface area contributed by atoms with Crippen molar-refractivity contribution >= 4 is 5.97 Å². The van der Waals surface area contributed by atoms with Crippen LogP contribution < -0.4 is 9.47 Å². The molecule has 1 atom stereocenters. The van der Waals surface area contributed by atoms with Gasteiger partial charge in [-0.15, -0.1) is 0 Å². The maximum absolute atomic E-state index is 12.1. The highest BCUT2D eigenvalue weighted by atomic mass is 16.7. The van der Waals surface area contributed by atoms with E-state index in [1.807, 2.05) is 26.8 Å². The fourth-order valence-electron chi connectivity index (χ4n) is 3.17. The average Bonchev–Trinajstić information content (AvgIpc) is 2.76. The molecule has 1 heterocycles. The summed E-state index contributed by atoms with van der Waals surface area (Å²) in [5.74, 6) is -1.42. The number of allylic oxidation sites excluding steroid dienone is 1. The first kappa shape index (κ1) is 21.3. The molecular weight excluding hydrogens is 348 g/mol. The van der Waals surface area contributed by atoms with E-state index in [9.17, 15) is 15.0 Å². The van der Waals surface area contributed by atoms with Crippen molar-refractivity contribution in [1.29, 1.82) is 0 Å². The summed E-state index contributed by atoms with van der Waals surface area (Å²) in [6, 6.07) is 1.63. The van der Waals surface area contributed by atoms with E-state index >= 15 is 0 Å². The molecule has 150 valence electrons. The van der Waals surface area contributed by atoms with E-state index in [0.717, 1.165) is 19.3 Å². The predicted molar refractivity (Wildman–Crippen MR) is 102 cm³/mol. The minimum absolute atomic E-state index is 0.241. The van der Waals surface area contributed by atoms with Gasteiger partial charge in [0, 0.05) is 18.1 Å². The van der Waals surface area contributed by atoms with Crippen LogP contribution in [0.25, 0.3) is 0 Å². The zero-order valence-electron chi connectivity index (χ0n) is 17.0. The fraction of sp³-hybridized carbons (Fsp3) is 0.571. The van der Waals surface area contributed by atoms with E-state index in [-0.39, 0.29) is 5.56 Å². The number of hydrogen-bond acceptors (Lipinski definition) is 6. The van der Waals surface area contributed by atoms with Gasteiger partial charge >= 0.3 is 5.97 Å². The Hall–Kier alpha value is -2.05. The van der Waals surface area contributed by atoms with Gasteiger partial charge in [-0.05, 0) is 59.1 Å². The van der Waals surface area contributed by atoms with Crippen LogP contribution >= 0.6 is 0 Å². The molecule has 0 radical (unpaired) electrons. The Labute approximate surface area is 160 Å². The number of fused-ring (bicyclic) bond motifs is 1. The molecule has 6 nitrogen and oxygen atoms in total. The molecule has 1 aromatic rings. The smallest absolute Gasteiger partial charge is 0.345 e. The van der Waals surface area contributed by atoms with Gasteiger partial charge in [-0.1, -0.05) is 5.57 Å². The summed E-state index contributed by atoms with van der Waals surface area (Å²) in [4.78, 5) is 12.1. The summed E-state index contributed by atoms with van der Waals surface area (Å²) in [6.45, 7) is 9.22. The van der Waals surface area contributed by atoms with Crippen LogP contribution in [-0.2, 0) is 10.5 Å². The van der Waals surface area contributed by atoms with E-state index in [4.69, 9.17) is 14.2 Å². The Balaban J connectivity index is 2.12. The van der Waals surface area contributed by atoms with E-state index in [0.29, 0.717) is 29.2 Å². The minimum atomic E-state index is -1.70. The molecule has 0 saturated carbocycles. The number of hydrogen-bond donors (Lipinski definition) is 2. The Kier molecular flexibility index (Phi) is 6.22. The Morgan fingerprint density at radius 1 is 1.41 bits per heavy atom. The third-order valence-corrected chi connectivity index (χ3v) is 4.71. The monoisotopic (exact) mass is 378 g/mol. The van der Waals surface area contributed by atoms with Crippen LogP contribution in [0.4, 0.5) is 0 Å². The first-order chi connectivity index (χ1) is 12.5. The number of cyclic esters (lactones) is 1. The lowest BCUT2D eigenvalue weighted by molar-refractivity contribution is -0.147. The number of esters is 1. The largest absolute Gasteiger partial charge is 0.495 e. The minimum Gasteiger partial charge on any atom is -0.495 e. The third kappa shape index (κ3) is 5.02. The molecule has 0 aliphatic carbocycles. The van der Waals surface area contributed by atoms with Crippen molar-refractivity contribution in [3.05, 3.63) is 34.4 Å². The summed E-state index contributed by atoms with van der Waals surface area (Å²) < 4.78 is 16.3. The van der Waals surface area contributed by atoms with Crippen molar-refractivity contribution < 1.29 is 29.2 Å². The zero-order valence-corrected chi connectivity index (χ0v) is 17.0. The zero-order chi connectivity index (χ0) is 20.4. The lowest BCUT2D eigenvalue weighted by Gasteiger charge is -2.18. The molecule has 6 heteroatoms. The molecule has 2 N–H and O–H groups in total. The first-order valence-corrected chi connectivity index (χ1v) is 9.15. The van der Waals surface area contributed by atoms with E-state index in [1.165, 1.54) is 19.6 Å². The van der Waals surface area contributed by atoms with Crippen LogP contribution in [0, 0.1) is 6.92 Å². The number of carbonyl (C=O) groups excluding carboxylic acids is 1. The predicted octanol–water partition coefficient (Wildman–Crippen LogP) is 3.61. The van der Waals surface area contributed by atoms with E-state index in [1.54, 1.807) is 13.0 Å². The molecule has 27 heavy (non-hydrogen) atoms. The number of rotatable bonds is 8. The fourth-order valence-corrected chi connectivity index (χ4v) is 3.17. The van der Waals surface area contributed by atoms with Gasteiger partial charge in [-0.2, -0.15) is 0 Å². The maximum Gasteiger partial charge on any atom is 0.345 e. The molecule has 0 fully saturated rings. The summed E-state index contributed by atoms with van der Waals surface area (Å²) in [5.41, 5.74) is 1.79. The number of benzene rings is 1. The second-order valence-electron chi connectivity index (χ2n) is 7.86. The number of methoxy groups -OCH3 is 1. The van der Waals surface area contributed by atoms with Gasteiger partial charge in [0.25, 0.3) is 0 Å². The molecular formula is C21H30O6. The van der Waals surface area contributed by atoms with Crippen molar-refractivity contribution in [3.63, 3.8) is 0 Å². The van der Waals surface area contributed by atoms with Crippen molar-refractivity contribution in [2.24, 2.45) is 0 Å². The van der Waals surface area contributed by atoms with E-state index in [2.05, 4.69) is 0 Å². The van der Waals surface area contributed by atoms with Crippen molar-refractivity contribution in [1.82, 2.24) is 0 Å². The van der Waals surface area contributed by atoms with Crippen LogP contribution in [0.5, 0.6) is 11.5 Å². The molecule has 0 amide bonds. The summed E-state index contributed by atoms with van der Waals surface area (Å²) >= 11 is 0. The van der Waals surface area contributed by atoms with Crippen LogP contribution in [0.3, 0.4) is 0 Å². The lowest BCUT2D eigenvalue weighted by Crippen LogP contribution is -2.20. The van der Waals surface area contributed by atoms with Gasteiger partial charge in [0.2, 0.25) is 5.79 Å².